The molecule has 0 radical (unpaired) electrons. The maximum Gasteiger partial charge on any atom is 0.420 e. The summed E-state index contributed by atoms with van der Waals surface area (Å²) < 4.78 is 45.0. The normalized spacial score (nSPS) is 16.0. The molecule has 1 aliphatic heterocycles. The summed E-state index contributed by atoms with van der Waals surface area (Å²) in [6, 6.07) is 18.9. The average molecular weight is 411 g/mol. The molecular formula is C23H16F3NO3. The highest BCUT2D eigenvalue weighted by atomic mass is 19.4. The van der Waals surface area contributed by atoms with Gasteiger partial charge in [-0.25, -0.2) is 4.79 Å². The van der Waals surface area contributed by atoms with E-state index in [1.54, 1.807) is 54.6 Å². The molecule has 0 saturated carbocycles. The molecule has 3 aromatic rings. The summed E-state index contributed by atoms with van der Waals surface area (Å²) in [5.41, 5.74) is 0.131. The second kappa shape index (κ2) is 7.67. The highest BCUT2D eigenvalue weighted by Gasteiger charge is 2.38. The van der Waals surface area contributed by atoms with Crippen LogP contribution in [0.4, 0.5) is 23.7 Å². The summed E-state index contributed by atoms with van der Waals surface area (Å²) in [6.07, 6.45) is -5.51. The average Bonchev–Trinajstić information content (AvgIpc) is 2.74. The van der Waals surface area contributed by atoms with Crippen LogP contribution in [-0.4, -0.2) is 11.9 Å². The lowest BCUT2D eigenvalue weighted by Crippen LogP contribution is -2.42. The number of rotatable bonds is 4. The molecule has 3 aromatic carbocycles. The van der Waals surface area contributed by atoms with E-state index in [-0.39, 0.29) is 23.6 Å². The number of benzene rings is 3. The van der Waals surface area contributed by atoms with Crippen LogP contribution in [0, 0.1) is 0 Å². The van der Waals surface area contributed by atoms with Crippen LogP contribution in [0.15, 0.2) is 78.9 Å². The van der Waals surface area contributed by atoms with Gasteiger partial charge in [-0.1, -0.05) is 54.6 Å². The van der Waals surface area contributed by atoms with Crippen molar-refractivity contribution >= 4 is 17.6 Å². The second-order valence-corrected chi connectivity index (χ2v) is 6.83. The van der Waals surface area contributed by atoms with Crippen molar-refractivity contribution in [3.63, 3.8) is 0 Å². The number of alkyl halides is 3. The van der Waals surface area contributed by atoms with Crippen molar-refractivity contribution in [3.8, 4) is 5.75 Å². The van der Waals surface area contributed by atoms with Crippen LogP contribution in [0.25, 0.3) is 0 Å². The Labute approximate surface area is 170 Å². The van der Waals surface area contributed by atoms with Crippen molar-refractivity contribution in [3.05, 3.63) is 95.6 Å². The lowest BCUT2D eigenvalue weighted by Gasteiger charge is -2.36. The van der Waals surface area contributed by atoms with Crippen molar-refractivity contribution in [2.45, 2.75) is 18.6 Å². The van der Waals surface area contributed by atoms with Gasteiger partial charge in [0.1, 0.15) is 5.75 Å². The number of hydrogen-bond acceptors (Lipinski definition) is 3. The van der Waals surface area contributed by atoms with Crippen molar-refractivity contribution < 1.29 is 27.5 Å². The predicted molar refractivity (Wildman–Crippen MR) is 105 cm³/mol. The third-order valence-electron chi connectivity index (χ3n) is 4.91. The van der Waals surface area contributed by atoms with Crippen LogP contribution in [0.5, 0.6) is 5.75 Å². The lowest BCUT2D eigenvalue weighted by molar-refractivity contribution is -0.137. The Hall–Kier alpha value is -3.61. The van der Waals surface area contributed by atoms with E-state index < -0.39 is 23.9 Å². The van der Waals surface area contributed by atoms with Gasteiger partial charge >= 0.3 is 12.3 Å². The molecule has 1 amide bonds. The van der Waals surface area contributed by atoms with E-state index in [4.69, 9.17) is 4.74 Å². The number of carbonyl (C=O) groups excluding carboxylic acids is 2. The molecule has 0 spiro atoms. The van der Waals surface area contributed by atoms with Crippen LogP contribution >= 0.6 is 0 Å². The number of ether oxygens (including phenoxy) is 1. The smallest absolute Gasteiger partial charge is 0.410 e. The Morgan fingerprint density at radius 1 is 0.933 bits per heavy atom. The van der Waals surface area contributed by atoms with E-state index in [2.05, 4.69) is 0 Å². The van der Waals surface area contributed by atoms with Crippen molar-refractivity contribution in [2.75, 3.05) is 4.90 Å². The predicted octanol–water partition coefficient (Wildman–Crippen LogP) is 6.04. The fourth-order valence-corrected chi connectivity index (χ4v) is 3.49. The number of halogens is 3. The zero-order chi connectivity index (χ0) is 21.3. The Morgan fingerprint density at radius 3 is 2.37 bits per heavy atom. The SMILES string of the molecule is O=C(CC1c2ccccc2OC(=O)N1c1cccc(C(F)(F)F)c1)c1ccccc1. The highest BCUT2D eigenvalue weighted by molar-refractivity contribution is 5.99. The van der Waals surface area contributed by atoms with Crippen LogP contribution in [0.2, 0.25) is 0 Å². The molecule has 1 aliphatic rings. The summed E-state index contributed by atoms with van der Waals surface area (Å²) in [6.45, 7) is 0. The fourth-order valence-electron chi connectivity index (χ4n) is 3.49. The molecule has 1 heterocycles. The largest absolute Gasteiger partial charge is 0.420 e. The highest BCUT2D eigenvalue weighted by Crippen LogP contribution is 2.41. The molecule has 0 saturated heterocycles. The van der Waals surface area contributed by atoms with E-state index in [9.17, 15) is 22.8 Å². The van der Waals surface area contributed by atoms with E-state index >= 15 is 0 Å². The molecule has 0 aliphatic carbocycles. The van der Waals surface area contributed by atoms with Gasteiger partial charge in [-0.2, -0.15) is 13.2 Å². The number of anilines is 1. The Balaban J connectivity index is 1.78. The first-order valence-corrected chi connectivity index (χ1v) is 9.20. The molecule has 4 rings (SSSR count). The molecule has 4 nitrogen and oxygen atoms in total. The second-order valence-electron chi connectivity index (χ2n) is 6.83. The minimum absolute atomic E-state index is 0.00943. The van der Waals surface area contributed by atoms with Crippen LogP contribution in [0.3, 0.4) is 0 Å². The zero-order valence-electron chi connectivity index (χ0n) is 15.6. The topological polar surface area (TPSA) is 46.6 Å². The molecule has 0 bridgehead atoms. The Bertz CT molecular complexity index is 1100. The van der Waals surface area contributed by atoms with Gasteiger partial charge in [-0.05, 0) is 24.3 Å². The Morgan fingerprint density at radius 2 is 1.63 bits per heavy atom. The maximum absolute atomic E-state index is 13.2. The number of para-hydroxylation sites is 1. The number of ketones is 1. The summed E-state index contributed by atoms with van der Waals surface area (Å²) in [7, 11) is 0. The third-order valence-corrected chi connectivity index (χ3v) is 4.91. The van der Waals surface area contributed by atoms with Crippen molar-refractivity contribution in [1.82, 2.24) is 0 Å². The quantitative estimate of drug-likeness (QED) is 0.492. The molecule has 1 atom stereocenters. The first kappa shape index (κ1) is 19.7. The minimum atomic E-state index is -4.57. The van der Waals surface area contributed by atoms with Crippen molar-refractivity contribution in [1.29, 1.82) is 0 Å². The summed E-state index contributed by atoms with van der Waals surface area (Å²) in [4.78, 5) is 26.7. The van der Waals surface area contributed by atoms with Crippen molar-refractivity contribution in [2.24, 2.45) is 0 Å². The van der Waals surface area contributed by atoms with Gasteiger partial charge < -0.3 is 4.74 Å². The fraction of sp³-hybridized carbons (Fsp3) is 0.130. The molecule has 1 unspecified atom stereocenters. The molecule has 30 heavy (non-hydrogen) atoms. The summed E-state index contributed by atoms with van der Waals surface area (Å²) in [5, 5.41) is 0. The number of hydrogen-bond donors (Lipinski definition) is 0. The van der Waals surface area contributed by atoms with Gasteiger partial charge in [0, 0.05) is 23.2 Å². The van der Waals surface area contributed by atoms with E-state index in [0.717, 1.165) is 17.0 Å². The molecule has 0 fully saturated rings. The van der Waals surface area contributed by atoms with Crippen LogP contribution < -0.4 is 9.64 Å². The van der Waals surface area contributed by atoms with Gasteiger partial charge in [0.2, 0.25) is 0 Å². The van der Waals surface area contributed by atoms with E-state index in [1.165, 1.54) is 12.1 Å². The van der Waals surface area contributed by atoms with E-state index in [1.807, 2.05) is 0 Å². The Kier molecular flexibility index (Phi) is 5.03. The van der Waals surface area contributed by atoms with Crippen LogP contribution in [-0.2, 0) is 6.18 Å². The molecule has 152 valence electrons. The van der Waals surface area contributed by atoms with Gasteiger partial charge in [-0.3, -0.25) is 9.69 Å². The van der Waals surface area contributed by atoms with Gasteiger partial charge in [0.25, 0.3) is 0 Å². The number of nitrogens with zero attached hydrogens (tertiary/aromatic N) is 1. The lowest BCUT2D eigenvalue weighted by atomic mass is 9.94. The molecule has 7 heteroatoms. The third kappa shape index (κ3) is 3.78. The number of fused-ring (bicyclic) bond motifs is 1. The minimum Gasteiger partial charge on any atom is -0.410 e. The van der Waals surface area contributed by atoms with Gasteiger partial charge in [-0.15, -0.1) is 0 Å². The summed E-state index contributed by atoms with van der Waals surface area (Å²) in [5.74, 6) is 0.0543. The maximum atomic E-state index is 13.2. The first-order valence-electron chi connectivity index (χ1n) is 9.20. The number of Topliss-reactive ketones (excluding diaryl/α,β-unsaturated/α-hetero) is 1. The van der Waals surface area contributed by atoms with E-state index in [0.29, 0.717) is 11.1 Å². The monoisotopic (exact) mass is 411 g/mol. The standard InChI is InChI=1S/C23H16F3NO3/c24-23(25,26)16-9-6-10-17(13-16)27-19(14-20(28)15-7-2-1-3-8-15)18-11-4-5-12-21(18)30-22(27)29/h1-13,19H,14H2. The number of carbonyl (C=O) groups is 2. The summed E-state index contributed by atoms with van der Waals surface area (Å²) >= 11 is 0. The van der Waals surface area contributed by atoms with Crippen LogP contribution in [0.1, 0.15) is 33.9 Å². The molecule has 0 aromatic heterocycles. The first-order chi connectivity index (χ1) is 14.3. The zero-order valence-corrected chi connectivity index (χ0v) is 15.6. The molecule has 0 N–H and O–H groups in total. The number of amides is 1. The molecular weight excluding hydrogens is 395 g/mol. The van der Waals surface area contributed by atoms with Gasteiger partial charge in [0.05, 0.1) is 11.6 Å². The van der Waals surface area contributed by atoms with Gasteiger partial charge in [0.15, 0.2) is 5.78 Å².